The van der Waals surface area contributed by atoms with Crippen molar-refractivity contribution in [2.75, 3.05) is 18.6 Å². The van der Waals surface area contributed by atoms with Crippen LogP contribution in [-0.4, -0.2) is 35.2 Å². The number of hydrogen-bond acceptors (Lipinski definition) is 3. The van der Waals surface area contributed by atoms with Gasteiger partial charge >= 0.3 is 0 Å². The summed E-state index contributed by atoms with van der Waals surface area (Å²) in [5.74, 6) is 0.308. The van der Waals surface area contributed by atoms with Gasteiger partial charge in [-0.15, -0.1) is 0 Å². The maximum absolute atomic E-state index is 12.1. The molecule has 0 heterocycles. The van der Waals surface area contributed by atoms with Gasteiger partial charge in [-0.1, -0.05) is 11.6 Å². The molecule has 2 N–H and O–H groups in total. The highest BCUT2D eigenvalue weighted by molar-refractivity contribution is 7.98. The first-order chi connectivity index (χ1) is 8.76. The van der Waals surface area contributed by atoms with Crippen LogP contribution in [-0.2, 0) is 0 Å². The molecule has 1 atom stereocenters. The summed E-state index contributed by atoms with van der Waals surface area (Å²) < 4.78 is 0. The van der Waals surface area contributed by atoms with Crippen LogP contribution in [0.25, 0.3) is 0 Å². The summed E-state index contributed by atoms with van der Waals surface area (Å²) in [6.45, 7) is 5.79. The van der Waals surface area contributed by atoms with Crippen molar-refractivity contribution in [3.05, 3.63) is 33.8 Å². The number of halogens is 1. The standard InChI is InChI=1S/C14H20ClNO2S/c1-9-5-11(12(15)6-10(9)2)13(17)16-7-14(3,18)8-19-4/h5-6,18H,7-8H2,1-4H3,(H,16,17). The Hall–Kier alpha value is -0.710. The first kappa shape index (κ1) is 16.3. The molecule has 1 aromatic carbocycles. The predicted octanol–water partition coefficient (Wildman–Crippen LogP) is 2.80. The van der Waals surface area contributed by atoms with E-state index in [2.05, 4.69) is 5.32 Å². The number of amides is 1. The molecule has 0 aliphatic rings. The molecule has 0 saturated heterocycles. The van der Waals surface area contributed by atoms with E-state index in [1.54, 1.807) is 19.1 Å². The number of benzene rings is 1. The Balaban J connectivity index is 2.77. The Morgan fingerprint density at radius 2 is 2.00 bits per heavy atom. The molecule has 0 radical (unpaired) electrons. The van der Waals surface area contributed by atoms with Gasteiger partial charge in [-0.05, 0) is 50.3 Å². The quantitative estimate of drug-likeness (QED) is 0.879. The number of carbonyl (C=O) groups is 1. The van der Waals surface area contributed by atoms with Gasteiger partial charge in [-0.25, -0.2) is 0 Å². The molecule has 5 heteroatoms. The lowest BCUT2D eigenvalue weighted by atomic mass is 10.1. The summed E-state index contributed by atoms with van der Waals surface area (Å²) in [6, 6.07) is 3.56. The van der Waals surface area contributed by atoms with Crippen molar-refractivity contribution in [1.82, 2.24) is 5.32 Å². The van der Waals surface area contributed by atoms with Gasteiger partial charge in [-0.2, -0.15) is 11.8 Å². The zero-order valence-corrected chi connectivity index (χ0v) is 13.3. The first-order valence-electron chi connectivity index (χ1n) is 6.03. The zero-order valence-electron chi connectivity index (χ0n) is 11.7. The molecule has 106 valence electrons. The van der Waals surface area contributed by atoms with Crippen molar-refractivity contribution >= 4 is 29.3 Å². The fraction of sp³-hybridized carbons (Fsp3) is 0.500. The maximum atomic E-state index is 12.1. The fourth-order valence-corrected chi connectivity index (χ4v) is 2.71. The van der Waals surface area contributed by atoms with Crippen molar-refractivity contribution < 1.29 is 9.90 Å². The number of nitrogens with one attached hydrogen (secondary N) is 1. The molecule has 0 aliphatic carbocycles. The summed E-state index contributed by atoms with van der Waals surface area (Å²) in [4.78, 5) is 12.1. The first-order valence-corrected chi connectivity index (χ1v) is 7.80. The van der Waals surface area contributed by atoms with Gasteiger partial charge in [0.15, 0.2) is 0 Å². The zero-order chi connectivity index (χ0) is 14.6. The third-order valence-corrected chi connectivity index (χ3v) is 4.14. The van der Waals surface area contributed by atoms with Crippen LogP contribution < -0.4 is 5.32 Å². The van der Waals surface area contributed by atoms with Crippen LogP contribution in [0.15, 0.2) is 12.1 Å². The molecule has 1 amide bonds. The SMILES string of the molecule is CSCC(C)(O)CNC(=O)c1cc(C)c(C)cc1Cl. The highest BCUT2D eigenvalue weighted by Crippen LogP contribution is 2.21. The molecule has 1 rings (SSSR count). The third-order valence-electron chi connectivity index (χ3n) is 2.91. The second-order valence-electron chi connectivity index (χ2n) is 5.03. The largest absolute Gasteiger partial charge is 0.387 e. The van der Waals surface area contributed by atoms with Crippen LogP contribution in [0.1, 0.15) is 28.4 Å². The highest BCUT2D eigenvalue weighted by atomic mass is 35.5. The second-order valence-corrected chi connectivity index (χ2v) is 6.30. The van der Waals surface area contributed by atoms with E-state index in [9.17, 15) is 9.90 Å². The molecule has 1 aromatic rings. The predicted molar refractivity (Wildman–Crippen MR) is 82.3 cm³/mol. The summed E-state index contributed by atoms with van der Waals surface area (Å²) in [5, 5.41) is 13.2. The van der Waals surface area contributed by atoms with Crippen LogP contribution in [0, 0.1) is 13.8 Å². The van der Waals surface area contributed by atoms with E-state index < -0.39 is 5.60 Å². The summed E-state index contributed by atoms with van der Waals surface area (Å²) in [6.07, 6.45) is 1.91. The molecular weight excluding hydrogens is 282 g/mol. The molecule has 0 aromatic heterocycles. The monoisotopic (exact) mass is 301 g/mol. The topological polar surface area (TPSA) is 49.3 Å². The van der Waals surface area contributed by atoms with Gasteiger partial charge in [0.25, 0.3) is 5.91 Å². The molecule has 1 unspecified atom stereocenters. The maximum Gasteiger partial charge on any atom is 0.252 e. The average Bonchev–Trinajstić information content (AvgIpc) is 2.31. The van der Waals surface area contributed by atoms with Crippen molar-refractivity contribution in [3.63, 3.8) is 0 Å². The molecule has 0 saturated carbocycles. The minimum atomic E-state index is -0.915. The molecule has 0 bridgehead atoms. The van der Waals surface area contributed by atoms with Crippen molar-refractivity contribution in [2.24, 2.45) is 0 Å². The third kappa shape index (κ3) is 4.71. The van der Waals surface area contributed by atoms with E-state index >= 15 is 0 Å². The van der Waals surface area contributed by atoms with Gasteiger partial charge in [0.05, 0.1) is 16.2 Å². The van der Waals surface area contributed by atoms with Crippen LogP contribution in [0.4, 0.5) is 0 Å². The Morgan fingerprint density at radius 3 is 2.58 bits per heavy atom. The van der Waals surface area contributed by atoms with E-state index in [-0.39, 0.29) is 12.5 Å². The van der Waals surface area contributed by atoms with Crippen molar-refractivity contribution in [2.45, 2.75) is 26.4 Å². The summed E-state index contributed by atoms with van der Waals surface area (Å²) >= 11 is 7.62. The Morgan fingerprint density at radius 1 is 1.42 bits per heavy atom. The second kappa shape index (κ2) is 6.64. The lowest BCUT2D eigenvalue weighted by Crippen LogP contribution is -2.42. The number of hydrogen-bond donors (Lipinski definition) is 2. The molecule has 0 fully saturated rings. The Bertz CT molecular complexity index is 475. The van der Waals surface area contributed by atoms with Crippen LogP contribution in [0.5, 0.6) is 0 Å². The van der Waals surface area contributed by atoms with Crippen LogP contribution in [0.3, 0.4) is 0 Å². The smallest absolute Gasteiger partial charge is 0.252 e. The highest BCUT2D eigenvalue weighted by Gasteiger charge is 2.21. The van der Waals surface area contributed by atoms with E-state index in [4.69, 9.17) is 11.6 Å². The van der Waals surface area contributed by atoms with Gasteiger partial charge < -0.3 is 10.4 Å². The van der Waals surface area contributed by atoms with Gasteiger partial charge in [0.1, 0.15) is 0 Å². The molecule has 0 aliphatic heterocycles. The number of thioether (sulfide) groups is 1. The minimum Gasteiger partial charge on any atom is -0.387 e. The molecular formula is C14H20ClNO2S. The molecule has 0 spiro atoms. The fourth-order valence-electron chi connectivity index (χ4n) is 1.68. The van der Waals surface area contributed by atoms with Crippen molar-refractivity contribution in [1.29, 1.82) is 0 Å². The number of carbonyl (C=O) groups excluding carboxylic acids is 1. The molecule has 19 heavy (non-hydrogen) atoms. The minimum absolute atomic E-state index is 0.204. The van der Waals surface area contributed by atoms with Gasteiger partial charge in [0.2, 0.25) is 0 Å². The normalized spacial score (nSPS) is 14.0. The van der Waals surface area contributed by atoms with E-state index in [0.29, 0.717) is 16.3 Å². The summed E-state index contributed by atoms with van der Waals surface area (Å²) in [7, 11) is 0. The van der Waals surface area contributed by atoms with E-state index in [1.807, 2.05) is 20.1 Å². The van der Waals surface area contributed by atoms with Gasteiger partial charge in [0, 0.05) is 12.3 Å². The van der Waals surface area contributed by atoms with Crippen LogP contribution in [0.2, 0.25) is 5.02 Å². The van der Waals surface area contributed by atoms with Gasteiger partial charge in [-0.3, -0.25) is 4.79 Å². The van der Waals surface area contributed by atoms with E-state index in [1.165, 1.54) is 11.8 Å². The number of aliphatic hydroxyl groups is 1. The summed E-state index contributed by atoms with van der Waals surface area (Å²) in [5.41, 5.74) is 1.60. The Labute approximate surface area is 123 Å². The average molecular weight is 302 g/mol. The molecule has 3 nitrogen and oxygen atoms in total. The Kier molecular flexibility index (Phi) is 5.71. The van der Waals surface area contributed by atoms with E-state index in [0.717, 1.165) is 11.1 Å². The number of rotatable bonds is 5. The lowest BCUT2D eigenvalue weighted by molar-refractivity contribution is 0.0725. The van der Waals surface area contributed by atoms with Crippen LogP contribution >= 0.6 is 23.4 Å². The van der Waals surface area contributed by atoms with Crippen molar-refractivity contribution in [3.8, 4) is 0 Å². The lowest BCUT2D eigenvalue weighted by Gasteiger charge is -2.22. The number of aryl methyl sites for hydroxylation is 2.